The molecule has 0 aliphatic rings. The van der Waals surface area contributed by atoms with E-state index < -0.39 is 0 Å². The molecular weight excluding hydrogens is 520 g/mol. The van der Waals surface area contributed by atoms with Crippen LogP contribution < -0.4 is 29.2 Å². The van der Waals surface area contributed by atoms with Crippen LogP contribution >= 0.6 is 0 Å². The number of hydrogen-bond donors (Lipinski definition) is 1. The normalized spacial score (nSPS) is 10.5. The molecule has 0 aromatic heterocycles. The molecule has 0 spiro atoms. The van der Waals surface area contributed by atoms with Gasteiger partial charge in [0, 0.05) is 29.8 Å². The second-order valence-corrected chi connectivity index (χ2v) is 9.37. The first kappa shape index (κ1) is 29.0. The summed E-state index contributed by atoms with van der Waals surface area (Å²) in [5, 5.41) is 2.93. The van der Waals surface area contributed by atoms with Crippen molar-refractivity contribution >= 4 is 17.5 Å². The molecule has 0 unspecified atom stereocenters. The van der Waals surface area contributed by atoms with Crippen LogP contribution in [0, 0.1) is 6.92 Å². The van der Waals surface area contributed by atoms with E-state index >= 15 is 0 Å². The molecule has 0 radical (unpaired) electrons. The van der Waals surface area contributed by atoms with E-state index in [9.17, 15) is 9.59 Å². The standard InChI is InChI=1S/C33H34N2O6/c1-22-6-8-23(9-7-22)20-34-32(36)25-12-14-26(15-13-25)33(37)35(21-24-10-16-28(38-2)17-11-24)27-18-29(39-3)31(41-5)30(19-27)40-4/h6-19H,20-21H2,1-5H3,(H,34,36). The number of nitrogens with zero attached hydrogens (tertiary/aromatic N) is 1. The number of carbonyl (C=O) groups excluding carboxylic acids is 2. The van der Waals surface area contributed by atoms with Gasteiger partial charge < -0.3 is 29.2 Å². The van der Waals surface area contributed by atoms with Crippen LogP contribution in [0.4, 0.5) is 5.69 Å². The first-order chi connectivity index (χ1) is 19.9. The number of ether oxygens (including phenoxy) is 4. The molecule has 0 fully saturated rings. The van der Waals surface area contributed by atoms with Gasteiger partial charge in [-0.1, -0.05) is 42.0 Å². The van der Waals surface area contributed by atoms with E-state index in [0.29, 0.717) is 40.6 Å². The first-order valence-electron chi connectivity index (χ1n) is 13.1. The Bertz CT molecular complexity index is 1460. The van der Waals surface area contributed by atoms with E-state index in [0.717, 1.165) is 22.4 Å². The molecule has 0 atom stereocenters. The van der Waals surface area contributed by atoms with Crippen molar-refractivity contribution in [3.63, 3.8) is 0 Å². The highest BCUT2D eigenvalue weighted by Gasteiger charge is 2.23. The number of aryl methyl sites for hydroxylation is 1. The fourth-order valence-electron chi connectivity index (χ4n) is 4.33. The van der Waals surface area contributed by atoms with E-state index in [1.807, 2.05) is 55.5 Å². The van der Waals surface area contributed by atoms with Gasteiger partial charge in [0.25, 0.3) is 11.8 Å². The van der Waals surface area contributed by atoms with Gasteiger partial charge in [-0.05, 0) is 54.4 Å². The fraction of sp³-hybridized carbons (Fsp3) is 0.212. The topological polar surface area (TPSA) is 86.3 Å². The average Bonchev–Trinajstić information content (AvgIpc) is 3.02. The summed E-state index contributed by atoms with van der Waals surface area (Å²) >= 11 is 0. The zero-order valence-corrected chi connectivity index (χ0v) is 23.9. The predicted octanol–water partition coefficient (Wildman–Crippen LogP) is 5.81. The lowest BCUT2D eigenvalue weighted by atomic mass is 10.1. The molecule has 1 N–H and O–H groups in total. The second kappa shape index (κ2) is 13.4. The maximum Gasteiger partial charge on any atom is 0.258 e. The van der Waals surface area contributed by atoms with Gasteiger partial charge in [-0.3, -0.25) is 9.59 Å². The fourth-order valence-corrected chi connectivity index (χ4v) is 4.33. The number of rotatable bonds is 11. The summed E-state index contributed by atoms with van der Waals surface area (Å²) in [4.78, 5) is 28.3. The molecule has 0 heterocycles. The minimum absolute atomic E-state index is 0.218. The molecule has 212 valence electrons. The summed E-state index contributed by atoms with van der Waals surface area (Å²) < 4.78 is 21.8. The number of amides is 2. The SMILES string of the molecule is COc1ccc(CN(C(=O)c2ccc(C(=O)NCc3ccc(C)cc3)cc2)c2cc(OC)c(OC)c(OC)c2)cc1. The first-order valence-corrected chi connectivity index (χ1v) is 13.1. The van der Waals surface area contributed by atoms with Crippen molar-refractivity contribution in [3.8, 4) is 23.0 Å². The van der Waals surface area contributed by atoms with Gasteiger partial charge in [0.15, 0.2) is 11.5 Å². The molecule has 4 aromatic rings. The van der Waals surface area contributed by atoms with Crippen molar-refractivity contribution in [2.75, 3.05) is 33.3 Å². The Kier molecular flexibility index (Phi) is 9.47. The minimum Gasteiger partial charge on any atom is -0.497 e. The number of anilines is 1. The summed E-state index contributed by atoms with van der Waals surface area (Å²) in [5.74, 6) is 1.52. The third-order valence-corrected chi connectivity index (χ3v) is 6.67. The third kappa shape index (κ3) is 6.97. The summed E-state index contributed by atoms with van der Waals surface area (Å²) in [7, 11) is 6.19. The number of methoxy groups -OCH3 is 4. The van der Waals surface area contributed by atoms with Crippen LogP contribution in [0.1, 0.15) is 37.4 Å². The molecule has 41 heavy (non-hydrogen) atoms. The molecule has 0 aliphatic heterocycles. The van der Waals surface area contributed by atoms with Crippen LogP contribution in [0.2, 0.25) is 0 Å². The Morgan fingerprint density at radius 2 is 1.24 bits per heavy atom. The Balaban J connectivity index is 1.61. The van der Waals surface area contributed by atoms with Gasteiger partial charge in [0.1, 0.15) is 5.75 Å². The van der Waals surface area contributed by atoms with Gasteiger partial charge in [-0.2, -0.15) is 0 Å². The zero-order chi connectivity index (χ0) is 29.4. The number of hydrogen-bond acceptors (Lipinski definition) is 6. The Morgan fingerprint density at radius 1 is 0.683 bits per heavy atom. The van der Waals surface area contributed by atoms with Crippen LogP contribution in [0.25, 0.3) is 0 Å². The van der Waals surface area contributed by atoms with Gasteiger partial charge >= 0.3 is 0 Å². The van der Waals surface area contributed by atoms with Crippen molar-refractivity contribution in [3.05, 3.63) is 113 Å². The van der Waals surface area contributed by atoms with E-state index in [1.54, 1.807) is 48.4 Å². The van der Waals surface area contributed by atoms with Crippen LogP contribution in [0.5, 0.6) is 23.0 Å². The monoisotopic (exact) mass is 554 g/mol. The third-order valence-electron chi connectivity index (χ3n) is 6.67. The maximum absolute atomic E-state index is 13.9. The molecule has 4 aromatic carbocycles. The second-order valence-electron chi connectivity index (χ2n) is 9.37. The van der Waals surface area contributed by atoms with Crippen LogP contribution in [0.3, 0.4) is 0 Å². The van der Waals surface area contributed by atoms with E-state index in [4.69, 9.17) is 18.9 Å². The maximum atomic E-state index is 13.9. The molecule has 8 nitrogen and oxygen atoms in total. The zero-order valence-electron chi connectivity index (χ0n) is 23.9. The quantitative estimate of drug-likeness (QED) is 0.252. The molecule has 0 aliphatic carbocycles. The summed E-state index contributed by atoms with van der Waals surface area (Å²) in [6.45, 7) is 2.70. The Morgan fingerprint density at radius 3 is 1.78 bits per heavy atom. The number of carbonyl (C=O) groups is 2. The van der Waals surface area contributed by atoms with Gasteiger partial charge in [0.05, 0.1) is 40.7 Å². The Hall–Kier alpha value is -4.98. The number of benzene rings is 4. The van der Waals surface area contributed by atoms with E-state index in [1.165, 1.54) is 21.3 Å². The van der Waals surface area contributed by atoms with Crippen molar-refractivity contribution in [2.45, 2.75) is 20.0 Å². The highest BCUT2D eigenvalue weighted by atomic mass is 16.5. The lowest BCUT2D eigenvalue weighted by molar-refractivity contribution is 0.0947. The van der Waals surface area contributed by atoms with Gasteiger partial charge in [0.2, 0.25) is 5.75 Å². The lowest BCUT2D eigenvalue weighted by Gasteiger charge is -2.25. The molecule has 0 bridgehead atoms. The summed E-state index contributed by atoms with van der Waals surface area (Å²) in [6, 6.07) is 25.6. The van der Waals surface area contributed by atoms with Crippen molar-refractivity contribution in [1.82, 2.24) is 5.32 Å². The molecular formula is C33H34N2O6. The van der Waals surface area contributed by atoms with Crippen molar-refractivity contribution in [2.24, 2.45) is 0 Å². The molecule has 0 saturated heterocycles. The summed E-state index contributed by atoms with van der Waals surface area (Å²) in [5.41, 5.74) is 4.49. The van der Waals surface area contributed by atoms with Gasteiger partial charge in [-0.15, -0.1) is 0 Å². The van der Waals surface area contributed by atoms with Crippen LogP contribution in [-0.2, 0) is 13.1 Å². The van der Waals surface area contributed by atoms with Crippen molar-refractivity contribution in [1.29, 1.82) is 0 Å². The predicted molar refractivity (Wildman–Crippen MR) is 158 cm³/mol. The molecule has 8 heteroatoms. The van der Waals surface area contributed by atoms with E-state index in [-0.39, 0.29) is 18.4 Å². The molecule has 2 amide bonds. The van der Waals surface area contributed by atoms with Gasteiger partial charge in [-0.25, -0.2) is 0 Å². The molecule has 4 rings (SSSR count). The smallest absolute Gasteiger partial charge is 0.258 e. The summed E-state index contributed by atoms with van der Waals surface area (Å²) in [6.07, 6.45) is 0. The largest absolute Gasteiger partial charge is 0.497 e. The molecule has 0 saturated carbocycles. The Labute approximate surface area is 240 Å². The van der Waals surface area contributed by atoms with Crippen LogP contribution in [-0.4, -0.2) is 40.3 Å². The van der Waals surface area contributed by atoms with Crippen molar-refractivity contribution < 1.29 is 28.5 Å². The van der Waals surface area contributed by atoms with Crippen LogP contribution in [0.15, 0.2) is 84.9 Å². The highest BCUT2D eigenvalue weighted by molar-refractivity contribution is 6.07. The lowest BCUT2D eigenvalue weighted by Crippen LogP contribution is -2.30. The minimum atomic E-state index is -0.262. The number of nitrogens with one attached hydrogen (secondary N) is 1. The van der Waals surface area contributed by atoms with E-state index in [2.05, 4.69) is 5.32 Å². The average molecular weight is 555 g/mol. The highest BCUT2D eigenvalue weighted by Crippen LogP contribution is 2.41.